The van der Waals surface area contributed by atoms with E-state index in [0.29, 0.717) is 16.7 Å². The first-order chi connectivity index (χ1) is 14.5. The van der Waals surface area contributed by atoms with Crippen molar-refractivity contribution in [2.75, 3.05) is 11.1 Å². The maximum absolute atomic E-state index is 12.6. The van der Waals surface area contributed by atoms with Gasteiger partial charge in [0.1, 0.15) is 11.6 Å². The highest BCUT2D eigenvalue weighted by Crippen LogP contribution is 2.21. The second-order valence-corrected chi connectivity index (χ2v) is 7.59. The van der Waals surface area contributed by atoms with Gasteiger partial charge in [-0.3, -0.25) is 4.79 Å². The van der Waals surface area contributed by atoms with E-state index in [9.17, 15) is 9.90 Å². The SMILES string of the molecule is Cc1ccc(-n2nc(C)cc2NC(=O)CSc2nnnn2-c2ccc(O)cc2)cc1. The molecule has 152 valence electrons. The number of phenolic OH excluding ortho intramolecular Hbond substituents is 1. The van der Waals surface area contributed by atoms with Gasteiger partial charge >= 0.3 is 0 Å². The van der Waals surface area contributed by atoms with Crippen molar-refractivity contribution in [1.82, 2.24) is 30.0 Å². The van der Waals surface area contributed by atoms with E-state index in [0.717, 1.165) is 16.9 Å². The third kappa shape index (κ3) is 4.33. The van der Waals surface area contributed by atoms with Crippen LogP contribution in [0.2, 0.25) is 0 Å². The number of aryl methyl sites for hydroxylation is 2. The summed E-state index contributed by atoms with van der Waals surface area (Å²) in [5.74, 6) is 0.672. The summed E-state index contributed by atoms with van der Waals surface area (Å²) in [7, 11) is 0. The molecule has 0 bridgehead atoms. The summed E-state index contributed by atoms with van der Waals surface area (Å²) in [6.45, 7) is 3.89. The molecule has 0 saturated carbocycles. The summed E-state index contributed by atoms with van der Waals surface area (Å²) in [6, 6.07) is 16.2. The predicted octanol–water partition coefficient (Wildman–Crippen LogP) is 2.90. The van der Waals surface area contributed by atoms with E-state index in [1.807, 2.05) is 44.2 Å². The number of nitrogens with one attached hydrogen (secondary N) is 1. The van der Waals surface area contributed by atoms with Gasteiger partial charge in [0.2, 0.25) is 11.1 Å². The van der Waals surface area contributed by atoms with Crippen LogP contribution in [0.25, 0.3) is 11.4 Å². The monoisotopic (exact) mass is 421 g/mol. The minimum Gasteiger partial charge on any atom is -0.508 e. The predicted molar refractivity (Wildman–Crippen MR) is 113 cm³/mol. The fraction of sp³-hybridized carbons (Fsp3) is 0.150. The number of hydrogen-bond acceptors (Lipinski definition) is 7. The van der Waals surface area contributed by atoms with E-state index in [4.69, 9.17) is 0 Å². The lowest BCUT2D eigenvalue weighted by Gasteiger charge is -2.09. The zero-order chi connectivity index (χ0) is 21.1. The number of carbonyl (C=O) groups excluding carboxylic acids is 1. The Morgan fingerprint density at radius 3 is 2.43 bits per heavy atom. The van der Waals surface area contributed by atoms with E-state index in [1.54, 1.807) is 28.9 Å². The van der Waals surface area contributed by atoms with Crippen LogP contribution >= 0.6 is 11.8 Å². The lowest BCUT2D eigenvalue weighted by atomic mass is 10.2. The van der Waals surface area contributed by atoms with E-state index < -0.39 is 0 Å². The Hall–Kier alpha value is -3.66. The van der Waals surface area contributed by atoms with Gasteiger partial charge in [-0.05, 0) is 60.7 Å². The van der Waals surface area contributed by atoms with E-state index in [-0.39, 0.29) is 17.4 Å². The zero-order valence-corrected chi connectivity index (χ0v) is 17.2. The van der Waals surface area contributed by atoms with Gasteiger partial charge in [0.05, 0.1) is 22.8 Å². The largest absolute Gasteiger partial charge is 0.508 e. The minimum absolute atomic E-state index is 0.122. The lowest BCUT2D eigenvalue weighted by molar-refractivity contribution is -0.113. The molecule has 0 aliphatic carbocycles. The van der Waals surface area contributed by atoms with Gasteiger partial charge in [0.25, 0.3) is 0 Å². The van der Waals surface area contributed by atoms with Gasteiger partial charge in [0, 0.05) is 6.07 Å². The fourth-order valence-electron chi connectivity index (χ4n) is 2.81. The normalized spacial score (nSPS) is 10.9. The quantitative estimate of drug-likeness (QED) is 0.461. The molecule has 1 amide bonds. The van der Waals surface area contributed by atoms with Crippen LogP contribution in [0, 0.1) is 13.8 Å². The molecule has 30 heavy (non-hydrogen) atoms. The Balaban J connectivity index is 1.45. The minimum atomic E-state index is -0.200. The first-order valence-electron chi connectivity index (χ1n) is 9.14. The number of rotatable bonds is 6. The average molecular weight is 421 g/mol. The van der Waals surface area contributed by atoms with Crippen molar-refractivity contribution < 1.29 is 9.90 Å². The smallest absolute Gasteiger partial charge is 0.236 e. The summed E-state index contributed by atoms with van der Waals surface area (Å²) in [4.78, 5) is 12.6. The topological polar surface area (TPSA) is 111 Å². The molecule has 0 fully saturated rings. The summed E-state index contributed by atoms with van der Waals surface area (Å²) >= 11 is 1.21. The van der Waals surface area contributed by atoms with Crippen molar-refractivity contribution in [2.24, 2.45) is 0 Å². The van der Waals surface area contributed by atoms with Crippen molar-refractivity contribution in [3.63, 3.8) is 0 Å². The van der Waals surface area contributed by atoms with Crippen molar-refractivity contribution in [2.45, 2.75) is 19.0 Å². The maximum Gasteiger partial charge on any atom is 0.236 e. The molecule has 4 aromatic rings. The second kappa shape index (κ2) is 8.37. The van der Waals surface area contributed by atoms with Crippen molar-refractivity contribution in [3.05, 3.63) is 65.9 Å². The van der Waals surface area contributed by atoms with Crippen LogP contribution in [0.1, 0.15) is 11.3 Å². The molecule has 0 aliphatic heterocycles. The number of nitrogens with zero attached hydrogens (tertiary/aromatic N) is 6. The van der Waals surface area contributed by atoms with E-state index in [2.05, 4.69) is 25.9 Å². The molecule has 2 aromatic carbocycles. The zero-order valence-electron chi connectivity index (χ0n) is 16.4. The number of aromatic nitrogens is 6. The van der Waals surface area contributed by atoms with Crippen LogP contribution < -0.4 is 5.32 Å². The van der Waals surface area contributed by atoms with E-state index in [1.165, 1.54) is 16.4 Å². The highest BCUT2D eigenvalue weighted by atomic mass is 32.2. The van der Waals surface area contributed by atoms with Gasteiger partial charge in [-0.2, -0.15) is 9.78 Å². The van der Waals surface area contributed by atoms with Crippen LogP contribution in [0.15, 0.2) is 59.8 Å². The first-order valence-corrected chi connectivity index (χ1v) is 10.1. The van der Waals surface area contributed by atoms with Crippen LogP contribution in [0.5, 0.6) is 5.75 Å². The summed E-state index contributed by atoms with van der Waals surface area (Å²) in [5, 5.41) is 28.9. The van der Waals surface area contributed by atoms with Crippen LogP contribution in [-0.4, -0.2) is 46.8 Å². The highest BCUT2D eigenvalue weighted by molar-refractivity contribution is 7.99. The molecule has 2 aromatic heterocycles. The molecular weight excluding hydrogens is 402 g/mol. The molecule has 9 nitrogen and oxygen atoms in total. The number of phenols is 1. The molecule has 4 rings (SSSR count). The Kier molecular flexibility index (Phi) is 5.48. The standard InChI is InChI=1S/C20H19N7O2S/c1-13-3-5-15(6-4-13)26-18(11-14(2)23-26)21-19(29)12-30-20-22-24-25-27(20)16-7-9-17(28)10-8-16/h3-11,28H,12H2,1-2H3,(H,21,29). The van der Waals surface area contributed by atoms with Crippen molar-refractivity contribution in [1.29, 1.82) is 0 Å². The number of carbonyl (C=O) groups is 1. The van der Waals surface area contributed by atoms with Crippen LogP contribution in [0.3, 0.4) is 0 Å². The summed E-state index contributed by atoms with van der Waals surface area (Å²) in [5.41, 5.74) is 3.51. The number of thioether (sulfide) groups is 1. The molecule has 0 atom stereocenters. The number of benzene rings is 2. The molecule has 2 heterocycles. The molecule has 0 aliphatic rings. The molecule has 2 N–H and O–H groups in total. The third-order valence-electron chi connectivity index (χ3n) is 4.25. The lowest BCUT2D eigenvalue weighted by Crippen LogP contribution is -2.17. The van der Waals surface area contributed by atoms with Gasteiger partial charge in [-0.25, -0.2) is 4.68 Å². The Morgan fingerprint density at radius 2 is 1.70 bits per heavy atom. The number of amides is 1. The average Bonchev–Trinajstić information content (AvgIpc) is 3.34. The van der Waals surface area contributed by atoms with Gasteiger partial charge < -0.3 is 10.4 Å². The van der Waals surface area contributed by atoms with Crippen molar-refractivity contribution in [3.8, 4) is 17.1 Å². The number of hydrogen-bond donors (Lipinski definition) is 2. The Labute approximate surface area is 176 Å². The fourth-order valence-corrected chi connectivity index (χ4v) is 3.50. The van der Waals surface area contributed by atoms with Crippen LogP contribution in [0.4, 0.5) is 5.82 Å². The van der Waals surface area contributed by atoms with Gasteiger partial charge in [0.15, 0.2) is 0 Å². The van der Waals surface area contributed by atoms with Gasteiger partial charge in [-0.1, -0.05) is 29.5 Å². The third-order valence-corrected chi connectivity index (χ3v) is 5.16. The number of aromatic hydroxyl groups is 1. The summed E-state index contributed by atoms with van der Waals surface area (Å²) in [6.07, 6.45) is 0. The van der Waals surface area contributed by atoms with Crippen LogP contribution in [-0.2, 0) is 4.79 Å². The molecule has 10 heteroatoms. The first kappa shape index (κ1) is 19.6. The number of anilines is 1. The molecule has 0 unspecified atom stereocenters. The highest BCUT2D eigenvalue weighted by Gasteiger charge is 2.14. The molecule has 0 spiro atoms. The van der Waals surface area contributed by atoms with Gasteiger partial charge in [-0.15, -0.1) is 5.10 Å². The Morgan fingerprint density at radius 1 is 1.03 bits per heavy atom. The Bertz CT molecular complexity index is 1170. The summed E-state index contributed by atoms with van der Waals surface area (Å²) < 4.78 is 3.22. The second-order valence-electron chi connectivity index (χ2n) is 6.64. The van der Waals surface area contributed by atoms with E-state index >= 15 is 0 Å². The number of tetrazole rings is 1. The maximum atomic E-state index is 12.6. The van der Waals surface area contributed by atoms with Crippen molar-refractivity contribution >= 4 is 23.5 Å². The molecule has 0 saturated heterocycles. The molecular formula is C20H19N7O2S. The molecule has 0 radical (unpaired) electrons.